The third-order valence-corrected chi connectivity index (χ3v) is 4.87. The zero-order valence-corrected chi connectivity index (χ0v) is 16.3. The van der Waals surface area contributed by atoms with Gasteiger partial charge in [0.25, 0.3) is 5.91 Å². The number of aryl methyl sites for hydroxylation is 1. The molecule has 1 saturated heterocycles. The van der Waals surface area contributed by atoms with Crippen LogP contribution in [0.25, 0.3) is 10.9 Å². The number of ether oxygens (including phenoxy) is 2. The first-order valence-electron chi connectivity index (χ1n) is 9.39. The van der Waals surface area contributed by atoms with Gasteiger partial charge >= 0.3 is 5.97 Å². The van der Waals surface area contributed by atoms with E-state index in [-0.39, 0.29) is 24.7 Å². The van der Waals surface area contributed by atoms with E-state index in [1.54, 1.807) is 4.90 Å². The van der Waals surface area contributed by atoms with Gasteiger partial charge in [-0.3, -0.25) is 9.78 Å². The highest BCUT2D eigenvalue weighted by atomic mass is 16.5. The normalized spacial score (nSPS) is 19.9. The largest absolute Gasteiger partial charge is 0.452 e. The molecule has 1 aliphatic rings. The van der Waals surface area contributed by atoms with Crippen molar-refractivity contribution < 1.29 is 19.1 Å². The SMILES string of the molecule is CCc1nc2ccccc2c(C(=O)OCC(=O)N2C[C@H](C)O[C@@H](C)C2)c1C. The predicted molar refractivity (Wildman–Crippen MR) is 103 cm³/mol. The Morgan fingerprint density at radius 2 is 1.89 bits per heavy atom. The average molecular weight is 370 g/mol. The van der Waals surface area contributed by atoms with Crippen LogP contribution in [-0.4, -0.2) is 53.7 Å². The van der Waals surface area contributed by atoms with E-state index in [4.69, 9.17) is 9.47 Å². The lowest BCUT2D eigenvalue weighted by Gasteiger charge is -2.35. The summed E-state index contributed by atoms with van der Waals surface area (Å²) < 4.78 is 11.0. The molecule has 2 heterocycles. The van der Waals surface area contributed by atoms with Crippen molar-refractivity contribution in [3.63, 3.8) is 0 Å². The highest BCUT2D eigenvalue weighted by Gasteiger charge is 2.27. The molecular weight excluding hydrogens is 344 g/mol. The van der Waals surface area contributed by atoms with Gasteiger partial charge in [0.2, 0.25) is 0 Å². The van der Waals surface area contributed by atoms with Crippen molar-refractivity contribution in [2.75, 3.05) is 19.7 Å². The third-order valence-electron chi connectivity index (χ3n) is 4.87. The zero-order valence-electron chi connectivity index (χ0n) is 16.3. The molecule has 3 rings (SSSR count). The summed E-state index contributed by atoms with van der Waals surface area (Å²) in [7, 11) is 0. The lowest BCUT2D eigenvalue weighted by Crippen LogP contribution is -2.49. The molecule has 0 radical (unpaired) electrons. The van der Waals surface area contributed by atoms with Crippen LogP contribution in [0.5, 0.6) is 0 Å². The van der Waals surface area contributed by atoms with Crippen molar-refractivity contribution in [2.24, 2.45) is 0 Å². The van der Waals surface area contributed by atoms with E-state index in [0.717, 1.165) is 28.6 Å². The van der Waals surface area contributed by atoms with E-state index in [2.05, 4.69) is 4.98 Å². The minimum Gasteiger partial charge on any atom is -0.452 e. The number of benzene rings is 1. The molecular formula is C21H26N2O4. The number of carbonyl (C=O) groups excluding carboxylic acids is 2. The van der Waals surface area contributed by atoms with Crippen LogP contribution in [0.1, 0.15) is 42.4 Å². The van der Waals surface area contributed by atoms with Gasteiger partial charge in [-0.1, -0.05) is 25.1 Å². The van der Waals surface area contributed by atoms with Crippen LogP contribution in [0, 0.1) is 6.92 Å². The maximum atomic E-state index is 12.8. The molecule has 0 unspecified atom stereocenters. The summed E-state index contributed by atoms with van der Waals surface area (Å²) in [6.07, 6.45) is 0.679. The Morgan fingerprint density at radius 3 is 2.56 bits per heavy atom. The lowest BCUT2D eigenvalue weighted by atomic mass is 10.0. The topological polar surface area (TPSA) is 68.7 Å². The fraction of sp³-hybridized carbons (Fsp3) is 0.476. The Labute approximate surface area is 159 Å². The molecule has 2 aromatic rings. The number of para-hydroxylation sites is 1. The Hall–Kier alpha value is -2.47. The summed E-state index contributed by atoms with van der Waals surface area (Å²) in [4.78, 5) is 31.6. The van der Waals surface area contributed by atoms with Crippen LogP contribution in [0.2, 0.25) is 0 Å². The number of rotatable bonds is 4. The summed E-state index contributed by atoms with van der Waals surface area (Å²) in [5.74, 6) is -0.680. The highest BCUT2D eigenvalue weighted by Crippen LogP contribution is 2.24. The van der Waals surface area contributed by atoms with Crippen LogP contribution >= 0.6 is 0 Å². The van der Waals surface area contributed by atoms with Gasteiger partial charge in [-0.15, -0.1) is 0 Å². The Kier molecular flexibility index (Phi) is 5.75. The monoisotopic (exact) mass is 370 g/mol. The average Bonchev–Trinajstić information content (AvgIpc) is 2.64. The number of carbonyl (C=O) groups is 2. The van der Waals surface area contributed by atoms with Gasteiger partial charge < -0.3 is 14.4 Å². The van der Waals surface area contributed by atoms with Crippen LogP contribution in [-0.2, 0) is 20.7 Å². The minimum atomic E-state index is -0.483. The number of hydrogen-bond donors (Lipinski definition) is 0. The number of hydrogen-bond acceptors (Lipinski definition) is 5. The Bertz CT molecular complexity index is 855. The number of aromatic nitrogens is 1. The van der Waals surface area contributed by atoms with E-state index >= 15 is 0 Å². The van der Waals surface area contributed by atoms with E-state index in [1.165, 1.54) is 0 Å². The quantitative estimate of drug-likeness (QED) is 0.774. The first-order valence-corrected chi connectivity index (χ1v) is 9.39. The van der Waals surface area contributed by atoms with Gasteiger partial charge in [0.1, 0.15) is 0 Å². The molecule has 1 amide bonds. The molecule has 0 N–H and O–H groups in total. The van der Waals surface area contributed by atoms with Crippen molar-refractivity contribution in [1.82, 2.24) is 9.88 Å². The molecule has 0 spiro atoms. The van der Waals surface area contributed by atoms with Crippen molar-refractivity contribution in [3.05, 3.63) is 41.1 Å². The second-order valence-electron chi connectivity index (χ2n) is 7.06. The summed E-state index contributed by atoms with van der Waals surface area (Å²) in [6.45, 7) is 8.50. The van der Waals surface area contributed by atoms with E-state index in [1.807, 2.05) is 52.0 Å². The van der Waals surface area contributed by atoms with E-state index < -0.39 is 5.97 Å². The zero-order chi connectivity index (χ0) is 19.6. The van der Waals surface area contributed by atoms with Crippen molar-refractivity contribution >= 4 is 22.8 Å². The predicted octanol–water partition coefficient (Wildman–Crippen LogP) is 2.90. The van der Waals surface area contributed by atoms with Gasteiger partial charge in [0, 0.05) is 24.2 Å². The van der Waals surface area contributed by atoms with Crippen molar-refractivity contribution in [3.8, 4) is 0 Å². The molecule has 1 aliphatic heterocycles. The van der Waals surface area contributed by atoms with E-state index in [0.29, 0.717) is 18.7 Å². The van der Waals surface area contributed by atoms with Crippen LogP contribution in [0.3, 0.4) is 0 Å². The maximum Gasteiger partial charge on any atom is 0.339 e. The second kappa shape index (κ2) is 8.05. The fourth-order valence-electron chi connectivity index (χ4n) is 3.64. The molecule has 0 aliphatic carbocycles. The number of esters is 1. The molecule has 1 aromatic heterocycles. The van der Waals surface area contributed by atoms with Gasteiger partial charge in [0.15, 0.2) is 6.61 Å². The molecule has 0 bridgehead atoms. The Morgan fingerprint density at radius 1 is 1.22 bits per heavy atom. The van der Waals surface area contributed by atoms with Gasteiger partial charge in [-0.25, -0.2) is 4.79 Å². The van der Waals surface area contributed by atoms with Gasteiger partial charge in [-0.2, -0.15) is 0 Å². The van der Waals surface area contributed by atoms with Crippen molar-refractivity contribution in [2.45, 2.75) is 46.3 Å². The summed E-state index contributed by atoms with van der Waals surface area (Å²) in [6, 6.07) is 7.50. The van der Waals surface area contributed by atoms with Gasteiger partial charge in [-0.05, 0) is 38.8 Å². The van der Waals surface area contributed by atoms with Crippen molar-refractivity contribution in [1.29, 1.82) is 0 Å². The third kappa shape index (κ3) is 4.11. The number of amides is 1. The summed E-state index contributed by atoms with van der Waals surface area (Å²) in [5.41, 5.74) is 2.92. The minimum absolute atomic E-state index is 0.0214. The molecule has 27 heavy (non-hydrogen) atoms. The number of pyridine rings is 1. The molecule has 144 valence electrons. The van der Waals surface area contributed by atoms with Crippen LogP contribution in [0.15, 0.2) is 24.3 Å². The molecule has 6 heteroatoms. The molecule has 0 saturated carbocycles. The van der Waals surface area contributed by atoms with E-state index in [9.17, 15) is 9.59 Å². The Balaban J connectivity index is 1.78. The number of nitrogens with zero attached hydrogens (tertiary/aromatic N) is 2. The van der Waals surface area contributed by atoms with Gasteiger partial charge in [0.05, 0.1) is 23.3 Å². The first kappa shape index (κ1) is 19.3. The summed E-state index contributed by atoms with van der Waals surface area (Å²) in [5, 5.41) is 0.748. The number of morpholine rings is 1. The van der Waals surface area contributed by atoms with Crippen LogP contribution in [0.4, 0.5) is 0 Å². The summed E-state index contributed by atoms with van der Waals surface area (Å²) >= 11 is 0. The molecule has 2 atom stereocenters. The number of fused-ring (bicyclic) bond motifs is 1. The maximum absolute atomic E-state index is 12.8. The first-order chi connectivity index (χ1) is 12.9. The lowest BCUT2D eigenvalue weighted by molar-refractivity contribution is -0.146. The molecule has 1 aromatic carbocycles. The second-order valence-corrected chi connectivity index (χ2v) is 7.06. The standard InChI is InChI=1S/C21H26N2O4/c1-5-17-15(4)20(16-8-6-7-9-18(16)22-17)21(25)26-12-19(24)23-10-13(2)27-14(3)11-23/h6-9,13-14H,5,10-12H2,1-4H3/t13-,14-/m0/s1. The molecule has 1 fully saturated rings. The fourth-order valence-corrected chi connectivity index (χ4v) is 3.64. The smallest absolute Gasteiger partial charge is 0.339 e. The highest BCUT2D eigenvalue weighted by molar-refractivity contribution is 6.05. The molecule has 6 nitrogen and oxygen atoms in total. The van der Waals surface area contributed by atoms with Crippen LogP contribution < -0.4 is 0 Å².